The SMILES string of the molecule is CC(=O)OC1CCC2(C)C(CCC3(C)C2CCC2C4C(C(C)C)CCC4(C=O)CCC23C)C1(C)C. The first kappa shape index (κ1) is 25.8. The first-order valence-electron chi connectivity index (χ1n) is 14.9. The number of rotatable bonds is 3. The second-order valence-electron chi connectivity index (χ2n) is 15.4. The quantitative estimate of drug-likeness (QED) is 0.302. The van der Waals surface area contributed by atoms with Crippen LogP contribution in [0.2, 0.25) is 0 Å². The van der Waals surface area contributed by atoms with Crippen LogP contribution in [0.3, 0.4) is 0 Å². The highest BCUT2D eigenvalue weighted by Crippen LogP contribution is 2.77. The van der Waals surface area contributed by atoms with Crippen LogP contribution in [0.15, 0.2) is 0 Å². The zero-order valence-electron chi connectivity index (χ0n) is 23.9. The minimum Gasteiger partial charge on any atom is -0.462 e. The highest BCUT2D eigenvalue weighted by Gasteiger charge is 2.71. The van der Waals surface area contributed by atoms with Crippen molar-refractivity contribution in [1.82, 2.24) is 0 Å². The van der Waals surface area contributed by atoms with E-state index in [1.165, 1.54) is 51.2 Å². The molecule has 0 spiro atoms. The molecule has 0 aromatic heterocycles. The van der Waals surface area contributed by atoms with Crippen molar-refractivity contribution in [2.24, 2.45) is 62.6 Å². The third-order valence-corrected chi connectivity index (χ3v) is 13.9. The van der Waals surface area contributed by atoms with E-state index in [0.29, 0.717) is 45.8 Å². The highest BCUT2D eigenvalue weighted by atomic mass is 16.5. The molecule has 0 aromatic carbocycles. The number of hydrogen-bond donors (Lipinski definition) is 0. The standard InChI is InChI=1S/C32H52O3/c1-20(2)22-11-16-32(19-33)18-17-30(7)23(27(22)32)9-10-25-29(6)14-13-26(35-21(3)34)28(4,5)24(29)12-15-31(25,30)8/h19-20,22-27H,9-18H2,1-8H3. The first-order chi connectivity index (χ1) is 16.3. The second kappa shape index (κ2) is 8.07. The van der Waals surface area contributed by atoms with Crippen molar-refractivity contribution >= 4 is 12.3 Å². The van der Waals surface area contributed by atoms with E-state index in [-0.39, 0.29) is 22.9 Å². The average molecular weight is 485 g/mol. The lowest BCUT2D eigenvalue weighted by Gasteiger charge is -2.72. The number of carbonyl (C=O) groups is 2. The highest BCUT2D eigenvalue weighted by molar-refractivity contribution is 5.66. The summed E-state index contributed by atoms with van der Waals surface area (Å²) in [6, 6.07) is 0. The molecule has 3 nitrogen and oxygen atoms in total. The van der Waals surface area contributed by atoms with Gasteiger partial charge in [0.2, 0.25) is 0 Å². The number of fused-ring (bicyclic) bond motifs is 7. The van der Waals surface area contributed by atoms with Crippen LogP contribution in [0.4, 0.5) is 0 Å². The number of aldehydes is 1. The Labute approximate surface area is 214 Å². The van der Waals surface area contributed by atoms with E-state index in [1.54, 1.807) is 6.92 Å². The van der Waals surface area contributed by atoms with Crippen LogP contribution in [0.1, 0.15) is 120 Å². The molecule has 5 aliphatic carbocycles. The predicted octanol–water partition coefficient (Wildman–Crippen LogP) is 7.85. The van der Waals surface area contributed by atoms with Crippen LogP contribution in [0, 0.1) is 62.6 Å². The van der Waals surface area contributed by atoms with Gasteiger partial charge in [-0.1, -0.05) is 48.5 Å². The van der Waals surface area contributed by atoms with Gasteiger partial charge in [-0.05, 0) is 116 Å². The fourth-order valence-electron chi connectivity index (χ4n) is 12.0. The summed E-state index contributed by atoms with van der Waals surface area (Å²) in [6.07, 6.45) is 13.5. The Kier molecular flexibility index (Phi) is 5.94. The molecule has 0 heterocycles. The average Bonchev–Trinajstić information content (AvgIpc) is 3.16. The molecule has 5 rings (SSSR count). The van der Waals surface area contributed by atoms with E-state index >= 15 is 0 Å². The molecule has 35 heavy (non-hydrogen) atoms. The third-order valence-electron chi connectivity index (χ3n) is 13.9. The zero-order valence-corrected chi connectivity index (χ0v) is 23.9. The van der Waals surface area contributed by atoms with Gasteiger partial charge in [-0.2, -0.15) is 0 Å². The Morgan fingerprint density at radius 3 is 2.17 bits per heavy atom. The Bertz CT molecular complexity index is 876. The predicted molar refractivity (Wildman–Crippen MR) is 141 cm³/mol. The van der Waals surface area contributed by atoms with Gasteiger partial charge in [0, 0.05) is 17.8 Å². The molecule has 5 aliphatic rings. The summed E-state index contributed by atoms with van der Waals surface area (Å²) in [7, 11) is 0. The van der Waals surface area contributed by atoms with Crippen molar-refractivity contribution in [3.8, 4) is 0 Å². The van der Waals surface area contributed by atoms with Crippen LogP contribution < -0.4 is 0 Å². The molecule has 10 atom stereocenters. The van der Waals surface area contributed by atoms with Crippen molar-refractivity contribution in [1.29, 1.82) is 0 Å². The molecule has 0 bridgehead atoms. The lowest BCUT2D eigenvalue weighted by Crippen LogP contribution is -2.67. The summed E-state index contributed by atoms with van der Waals surface area (Å²) in [5.41, 5.74) is 0.909. The van der Waals surface area contributed by atoms with E-state index in [0.717, 1.165) is 25.2 Å². The largest absolute Gasteiger partial charge is 0.462 e. The van der Waals surface area contributed by atoms with Crippen LogP contribution in [0.5, 0.6) is 0 Å². The monoisotopic (exact) mass is 484 g/mol. The topological polar surface area (TPSA) is 43.4 Å². The minimum absolute atomic E-state index is 0.0190. The summed E-state index contributed by atoms with van der Waals surface area (Å²) >= 11 is 0. The van der Waals surface area contributed by atoms with Gasteiger partial charge in [0.1, 0.15) is 12.4 Å². The molecular formula is C32H52O3. The van der Waals surface area contributed by atoms with Crippen molar-refractivity contribution in [3.63, 3.8) is 0 Å². The van der Waals surface area contributed by atoms with Crippen molar-refractivity contribution in [2.75, 3.05) is 0 Å². The van der Waals surface area contributed by atoms with Gasteiger partial charge >= 0.3 is 5.97 Å². The van der Waals surface area contributed by atoms with Gasteiger partial charge < -0.3 is 9.53 Å². The fourth-order valence-corrected chi connectivity index (χ4v) is 12.0. The summed E-state index contributed by atoms with van der Waals surface area (Å²) < 4.78 is 5.90. The maximum absolute atomic E-state index is 12.7. The van der Waals surface area contributed by atoms with Crippen LogP contribution >= 0.6 is 0 Å². The van der Waals surface area contributed by atoms with Gasteiger partial charge in [0.05, 0.1) is 0 Å². The van der Waals surface area contributed by atoms with Gasteiger partial charge in [-0.15, -0.1) is 0 Å². The number of hydrogen-bond acceptors (Lipinski definition) is 3. The molecule has 5 saturated carbocycles. The molecule has 3 heteroatoms. The summed E-state index contributed by atoms with van der Waals surface area (Å²) in [6.45, 7) is 19.1. The van der Waals surface area contributed by atoms with E-state index in [2.05, 4.69) is 48.5 Å². The number of carbonyl (C=O) groups excluding carboxylic acids is 2. The Morgan fingerprint density at radius 1 is 0.829 bits per heavy atom. The van der Waals surface area contributed by atoms with Gasteiger partial charge in [-0.25, -0.2) is 0 Å². The molecule has 5 fully saturated rings. The zero-order chi connectivity index (χ0) is 25.6. The smallest absolute Gasteiger partial charge is 0.302 e. The van der Waals surface area contributed by atoms with E-state index in [9.17, 15) is 9.59 Å². The van der Waals surface area contributed by atoms with Crippen LogP contribution in [0.25, 0.3) is 0 Å². The summed E-state index contributed by atoms with van der Waals surface area (Å²) in [4.78, 5) is 24.5. The van der Waals surface area contributed by atoms with E-state index in [1.807, 2.05) is 0 Å². The molecule has 198 valence electrons. The molecule has 0 radical (unpaired) electrons. The Balaban J connectivity index is 1.51. The molecule has 0 amide bonds. The van der Waals surface area contributed by atoms with Crippen molar-refractivity contribution in [2.45, 2.75) is 126 Å². The van der Waals surface area contributed by atoms with Crippen molar-refractivity contribution in [3.05, 3.63) is 0 Å². The molecule has 0 aromatic rings. The number of ether oxygens (including phenoxy) is 1. The van der Waals surface area contributed by atoms with Crippen molar-refractivity contribution < 1.29 is 14.3 Å². The summed E-state index contributed by atoms with van der Waals surface area (Å²) in [5, 5.41) is 0. The van der Waals surface area contributed by atoms with Gasteiger partial charge in [0.15, 0.2) is 0 Å². The number of esters is 1. The molecule has 0 N–H and O–H groups in total. The summed E-state index contributed by atoms with van der Waals surface area (Å²) in [5.74, 6) is 3.82. The van der Waals surface area contributed by atoms with E-state index < -0.39 is 0 Å². The molecule has 0 aliphatic heterocycles. The molecule has 0 saturated heterocycles. The van der Waals surface area contributed by atoms with Crippen LogP contribution in [-0.2, 0) is 14.3 Å². The van der Waals surface area contributed by atoms with Crippen LogP contribution in [-0.4, -0.2) is 18.4 Å². The normalized spacial score (nSPS) is 52.6. The third kappa shape index (κ3) is 3.27. The Hall–Kier alpha value is -0.860. The van der Waals surface area contributed by atoms with E-state index in [4.69, 9.17) is 4.74 Å². The lowest BCUT2D eigenvalue weighted by atomic mass is 9.32. The maximum Gasteiger partial charge on any atom is 0.302 e. The lowest BCUT2D eigenvalue weighted by molar-refractivity contribution is -0.249. The van der Waals surface area contributed by atoms with Gasteiger partial charge in [0.25, 0.3) is 0 Å². The van der Waals surface area contributed by atoms with Gasteiger partial charge in [-0.3, -0.25) is 4.79 Å². The second-order valence-corrected chi connectivity index (χ2v) is 15.4. The maximum atomic E-state index is 12.7. The minimum atomic E-state index is -0.127. The fraction of sp³-hybridized carbons (Fsp3) is 0.938. The molecule has 10 unspecified atom stereocenters. The Morgan fingerprint density at radius 2 is 1.54 bits per heavy atom. The molecular weight excluding hydrogens is 432 g/mol. The first-order valence-corrected chi connectivity index (χ1v) is 14.9.